The van der Waals surface area contributed by atoms with E-state index in [0.29, 0.717) is 11.4 Å². The minimum Gasteiger partial charge on any atom is -0.481 e. The number of terminal acetylenes is 1. The van der Waals surface area contributed by atoms with Crippen LogP contribution in [0.3, 0.4) is 0 Å². The highest BCUT2D eigenvalue weighted by atomic mass is 32.1. The van der Waals surface area contributed by atoms with Crippen LogP contribution >= 0.6 is 11.3 Å². The summed E-state index contributed by atoms with van der Waals surface area (Å²) in [6.45, 7) is 1.97. The summed E-state index contributed by atoms with van der Waals surface area (Å²) in [4.78, 5) is 11.9. The van der Waals surface area contributed by atoms with E-state index in [4.69, 9.17) is 11.2 Å². The first-order chi connectivity index (χ1) is 11.0. The predicted octanol–water partition coefficient (Wildman–Crippen LogP) is 2.79. The maximum atomic E-state index is 11.9. The molecule has 23 heavy (non-hydrogen) atoms. The van der Waals surface area contributed by atoms with Crippen molar-refractivity contribution in [1.29, 1.82) is 0 Å². The van der Waals surface area contributed by atoms with Crippen LogP contribution in [0.1, 0.15) is 12.5 Å². The third-order valence-corrected chi connectivity index (χ3v) is 3.85. The molecule has 2 aromatic rings. The molecule has 0 aliphatic heterocycles. The van der Waals surface area contributed by atoms with Gasteiger partial charge in [0.1, 0.15) is 18.0 Å². The topological polar surface area (TPSA) is 70.6 Å². The Hall–Kier alpha value is -2.49. The average Bonchev–Trinajstić information content (AvgIpc) is 3.08. The van der Waals surface area contributed by atoms with Crippen molar-refractivity contribution in [2.75, 3.05) is 18.5 Å². The van der Waals surface area contributed by atoms with E-state index in [9.17, 15) is 9.90 Å². The van der Waals surface area contributed by atoms with E-state index in [2.05, 4.69) is 16.6 Å². The van der Waals surface area contributed by atoms with Gasteiger partial charge in [-0.2, -0.15) is 11.3 Å². The maximum Gasteiger partial charge on any atom is 0.319 e. The van der Waals surface area contributed by atoms with E-state index < -0.39 is 11.6 Å². The molecule has 0 aliphatic rings. The van der Waals surface area contributed by atoms with Crippen LogP contribution in [0.5, 0.6) is 5.75 Å². The monoisotopic (exact) mass is 330 g/mol. The lowest BCUT2D eigenvalue weighted by Gasteiger charge is -2.22. The van der Waals surface area contributed by atoms with Crippen LogP contribution in [-0.2, 0) is 5.60 Å². The van der Waals surface area contributed by atoms with Crippen molar-refractivity contribution < 1.29 is 14.6 Å². The summed E-state index contributed by atoms with van der Waals surface area (Å²) in [6, 6.07) is 8.30. The zero-order chi connectivity index (χ0) is 16.7. The zero-order valence-corrected chi connectivity index (χ0v) is 13.5. The van der Waals surface area contributed by atoms with E-state index in [1.165, 1.54) is 11.3 Å². The molecule has 0 radical (unpaired) electrons. The lowest BCUT2D eigenvalue weighted by molar-refractivity contribution is 0.0604. The number of nitrogens with one attached hydrogen (secondary N) is 2. The van der Waals surface area contributed by atoms with Gasteiger partial charge in [0.25, 0.3) is 0 Å². The quantitative estimate of drug-likeness (QED) is 0.713. The first kappa shape index (κ1) is 16.9. The molecule has 3 N–H and O–H groups in total. The standard InChI is InChI=1S/C17H18N2O3S/c1-3-9-22-15-6-4-14(5-7-15)19-16(20)18-12-17(2,21)13-8-10-23-11-13/h1,4-8,10-11,21H,9,12H2,2H3,(H2,18,19,20). The van der Waals surface area contributed by atoms with E-state index in [1.807, 2.05) is 16.8 Å². The predicted molar refractivity (Wildman–Crippen MR) is 91.7 cm³/mol. The van der Waals surface area contributed by atoms with Gasteiger partial charge in [0.2, 0.25) is 0 Å². The molecule has 1 aromatic carbocycles. The Morgan fingerprint density at radius 2 is 2.13 bits per heavy atom. The van der Waals surface area contributed by atoms with Gasteiger partial charge in [0, 0.05) is 5.69 Å². The summed E-state index contributed by atoms with van der Waals surface area (Å²) < 4.78 is 5.25. The van der Waals surface area contributed by atoms with Crippen molar-refractivity contribution in [3.63, 3.8) is 0 Å². The van der Waals surface area contributed by atoms with E-state index in [1.54, 1.807) is 31.2 Å². The molecule has 120 valence electrons. The lowest BCUT2D eigenvalue weighted by Crippen LogP contribution is -2.40. The van der Waals surface area contributed by atoms with Crippen LogP contribution < -0.4 is 15.4 Å². The van der Waals surface area contributed by atoms with Gasteiger partial charge in [-0.15, -0.1) is 6.42 Å². The van der Waals surface area contributed by atoms with Crippen molar-refractivity contribution in [3.8, 4) is 18.1 Å². The van der Waals surface area contributed by atoms with Crippen LogP contribution in [0.25, 0.3) is 0 Å². The Bertz CT molecular complexity index is 673. The largest absolute Gasteiger partial charge is 0.481 e. The van der Waals surface area contributed by atoms with Gasteiger partial charge in [-0.25, -0.2) is 4.79 Å². The van der Waals surface area contributed by atoms with Crippen molar-refractivity contribution in [2.45, 2.75) is 12.5 Å². The molecule has 1 aromatic heterocycles. The summed E-state index contributed by atoms with van der Waals surface area (Å²) in [6.07, 6.45) is 5.12. The zero-order valence-electron chi connectivity index (χ0n) is 12.7. The fourth-order valence-electron chi connectivity index (χ4n) is 1.86. The molecular formula is C17H18N2O3S. The molecule has 1 atom stereocenters. The number of rotatable bonds is 6. The number of aliphatic hydroxyl groups is 1. The summed E-state index contributed by atoms with van der Waals surface area (Å²) in [5.41, 5.74) is 0.285. The molecule has 1 heterocycles. The Morgan fingerprint density at radius 3 is 2.74 bits per heavy atom. The van der Waals surface area contributed by atoms with Crippen LogP contribution in [0.2, 0.25) is 0 Å². The second kappa shape index (κ2) is 7.68. The number of urea groups is 1. The Balaban J connectivity index is 1.84. The summed E-state index contributed by atoms with van der Waals surface area (Å²) in [5.74, 6) is 3.01. The molecule has 0 spiro atoms. The molecule has 0 fully saturated rings. The van der Waals surface area contributed by atoms with Crippen LogP contribution in [0.4, 0.5) is 10.5 Å². The molecule has 2 amide bonds. The van der Waals surface area contributed by atoms with Crippen molar-refractivity contribution in [1.82, 2.24) is 5.32 Å². The summed E-state index contributed by atoms with van der Waals surface area (Å²) in [7, 11) is 0. The normalized spacial score (nSPS) is 12.7. The van der Waals surface area contributed by atoms with Gasteiger partial charge in [-0.3, -0.25) is 0 Å². The molecular weight excluding hydrogens is 312 g/mol. The molecule has 0 saturated carbocycles. The number of hydrogen-bond acceptors (Lipinski definition) is 4. The van der Waals surface area contributed by atoms with Gasteiger partial charge >= 0.3 is 6.03 Å². The fourth-order valence-corrected chi connectivity index (χ4v) is 2.64. The molecule has 1 unspecified atom stereocenters. The lowest BCUT2D eigenvalue weighted by atomic mass is 9.99. The molecule has 0 saturated heterocycles. The van der Waals surface area contributed by atoms with Crippen LogP contribution in [-0.4, -0.2) is 24.3 Å². The highest BCUT2D eigenvalue weighted by molar-refractivity contribution is 7.08. The molecule has 6 heteroatoms. The van der Waals surface area contributed by atoms with E-state index in [-0.39, 0.29) is 13.2 Å². The Morgan fingerprint density at radius 1 is 1.39 bits per heavy atom. The van der Waals surface area contributed by atoms with Gasteiger partial charge in [-0.1, -0.05) is 5.92 Å². The first-order valence-corrected chi connectivity index (χ1v) is 7.92. The highest BCUT2D eigenvalue weighted by Gasteiger charge is 2.24. The number of ether oxygens (including phenoxy) is 1. The van der Waals surface area contributed by atoms with Gasteiger partial charge in [0.05, 0.1) is 6.54 Å². The third-order valence-electron chi connectivity index (χ3n) is 3.17. The minimum atomic E-state index is -1.11. The number of benzene rings is 1. The maximum absolute atomic E-state index is 11.9. The van der Waals surface area contributed by atoms with Crippen LogP contribution in [0, 0.1) is 12.3 Å². The molecule has 2 rings (SSSR count). The number of carbonyl (C=O) groups excluding carboxylic acids is 1. The fraction of sp³-hybridized carbons (Fsp3) is 0.235. The molecule has 0 aliphatic carbocycles. The van der Waals surface area contributed by atoms with Gasteiger partial charge < -0.3 is 20.5 Å². The number of thiophene rings is 1. The highest BCUT2D eigenvalue weighted by Crippen LogP contribution is 2.22. The van der Waals surface area contributed by atoms with Crippen molar-refractivity contribution >= 4 is 23.1 Å². The van der Waals surface area contributed by atoms with Crippen molar-refractivity contribution in [3.05, 3.63) is 46.7 Å². The van der Waals surface area contributed by atoms with Gasteiger partial charge in [0.15, 0.2) is 0 Å². The average molecular weight is 330 g/mol. The number of amides is 2. The first-order valence-electron chi connectivity index (χ1n) is 6.97. The molecule has 0 bridgehead atoms. The SMILES string of the molecule is C#CCOc1ccc(NC(=O)NCC(C)(O)c2ccsc2)cc1. The number of hydrogen-bond donors (Lipinski definition) is 3. The number of anilines is 1. The summed E-state index contributed by atoms with van der Waals surface area (Å²) >= 11 is 1.50. The second-order valence-electron chi connectivity index (χ2n) is 5.11. The number of carbonyl (C=O) groups is 1. The summed E-state index contributed by atoms with van der Waals surface area (Å²) in [5, 5.41) is 19.4. The Kier molecular flexibility index (Phi) is 5.63. The van der Waals surface area contributed by atoms with E-state index in [0.717, 1.165) is 5.56 Å². The molecule has 5 nitrogen and oxygen atoms in total. The van der Waals surface area contributed by atoms with E-state index >= 15 is 0 Å². The second-order valence-corrected chi connectivity index (χ2v) is 5.89. The third kappa shape index (κ3) is 5.02. The van der Waals surface area contributed by atoms with Crippen molar-refractivity contribution in [2.24, 2.45) is 0 Å². The van der Waals surface area contributed by atoms with Gasteiger partial charge in [-0.05, 0) is 53.6 Å². The smallest absolute Gasteiger partial charge is 0.319 e. The minimum absolute atomic E-state index is 0.110. The van der Waals surface area contributed by atoms with Crippen LogP contribution in [0.15, 0.2) is 41.1 Å². The Labute approximate surface area is 139 Å².